The normalized spacial score (nSPS) is 10.5. The lowest BCUT2D eigenvalue weighted by atomic mass is 10.1. The fourth-order valence-corrected chi connectivity index (χ4v) is 3.00. The maximum Gasteiger partial charge on any atom is 0.238 e. The van der Waals surface area contributed by atoms with Crippen molar-refractivity contribution in [1.82, 2.24) is 5.32 Å². The lowest BCUT2D eigenvalue weighted by molar-refractivity contribution is -0.115. The Hall–Kier alpha value is -1.78. The van der Waals surface area contributed by atoms with Crippen LogP contribution in [0.3, 0.4) is 0 Å². The summed E-state index contributed by atoms with van der Waals surface area (Å²) in [6.45, 7) is 5.31. The summed E-state index contributed by atoms with van der Waals surface area (Å²) in [4.78, 5) is 13.2. The van der Waals surface area contributed by atoms with Crippen molar-refractivity contribution in [1.29, 1.82) is 0 Å². The molecule has 0 aliphatic heterocycles. The van der Waals surface area contributed by atoms with Gasteiger partial charge < -0.3 is 10.6 Å². The Morgan fingerprint density at radius 1 is 1.04 bits per heavy atom. The molecule has 0 heterocycles. The number of anilines is 1. The summed E-state index contributed by atoms with van der Waals surface area (Å²) in [5.41, 5.74) is 3.28. The van der Waals surface area contributed by atoms with E-state index in [0.717, 1.165) is 24.4 Å². The zero-order valence-corrected chi connectivity index (χ0v) is 14.6. The summed E-state index contributed by atoms with van der Waals surface area (Å²) < 4.78 is 0. The predicted molar refractivity (Wildman–Crippen MR) is 99.2 cm³/mol. The first-order chi connectivity index (χ1) is 11.1. The van der Waals surface area contributed by atoms with Gasteiger partial charge in [-0.1, -0.05) is 24.3 Å². The lowest BCUT2D eigenvalue weighted by Gasteiger charge is -2.08. The number of carbonyl (C=O) groups is 1. The maximum atomic E-state index is 11.9. The van der Waals surface area contributed by atoms with Crippen molar-refractivity contribution in [3.8, 4) is 0 Å². The van der Waals surface area contributed by atoms with Gasteiger partial charge in [-0.3, -0.25) is 4.79 Å². The largest absolute Gasteiger partial charge is 0.325 e. The van der Waals surface area contributed by atoms with Gasteiger partial charge in [0.15, 0.2) is 0 Å². The summed E-state index contributed by atoms with van der Waals surface area (Å²) in [7, 11) is 0. The predicted octanol–water partition coefficient (Wildman–Crippen LogP) is 4.01. The number of aryl methyl sites for hydroxylation is 2. The van der Waals surface area contributed by atoms with Crippen LogP contribution in [-0.2, 0) is 4.79 Å². The molecule has 3 nitrogen and oxygen atoms in total. The number of amides is 1. The van der Waals surface area contributed by atoms with E-state index >= 15 is 0 Å². The Bertz CT molecular complexity index is 629. The van der Waals surface area contributed by atoms with Gasteiger partial charge in [-0.2, -0.15) is 0 Å². The van der Waals surface area contributed by atoms with Crippen LogP contribution in [-0.4, -0.2) is 24.7 Å². The molecule has 2 N–H and O–H groups in total. The van der Waals surface area contributed by atoms with Gasteiger partial charge in [-0.15, -0.1) is 11.8 Å². The molecule has 0 fully saturated rings. The molecular weight excluding hydrogens is 304 g/mol. The molecule has 23 heavy (non-hydrogen) atoms. The third-order valence-electron chi connectivity index (χ3n) is 3.59. The Balaban J connectivity index is 1.58. The molecule has 1 amide bonds. The molecule has 4 heteroatoms. The summed E-state index contributed by atoms with van der Waals surface area (Å²) >= 11 is 1.84. The van der Waals surface area contributed by atoms with Crippen LogP contribution in [0.4, 0.5) is 5.69 Å². The number of carbonyl (C=O) groups excluding carboxylic acids is 1. The number of hydrogen-bond acceptors (Lipinski definition) is 3. The molecule has 0 aromatic heterocycles. The minimum atomic E-state index is 0.00367. The van der Waals surface area contributed by atoms with E-state index in [4.69, 9.17) is 0 Å². The fourth-order valence-electron chi connectivity index (χ4n) is 2.13. The van der Waals surface area contributed by atoms with E-state index in [-0.39, 0.29) is 5.91 Å². The first-order valence-corrected chi connectivity index (χ1v) is 8.89. The highest BCUT2D eigenvalue weighted by molar-refractivity contribution is 7.99. The Kier molecular flexibility index (Phi) is 7.17. The van der Waals surface area contributed by atoms with Gasteiger partial charge in [0.05, 0.1) is 6.54 Å². The Labute approximate surface area is 142 Å². The van der Waals surface area contributed by atoms with Crippen LogP contribution in [0, 0.1) is 13.8 Å². The van der Waals surface area contributed by atoms with E-state index in [9.17, 15) is 4.79 Å². The number of hydrogen-bond donors (Lipinski definition) is 2. The molecule has 0 saturated carbocycles. The highest BCUT2D eigenvalue weighted by atomic mass is 32.2. The highest BCUT2D eigenvalue weighted by Crippen LogP contribution is 2.17. The van der Waals surface area contributed by atoms with Gasteiger partial charge in [0, 0.05) is 10.6 Å². The van der Waals surface area contributed by atoms with E-state index in [1.54, 1.807) is 0 Å². The van der Waals surface area contributed by atoms with Crippen molar-refractivity contribution in [2.45, 2.75) is 25.2 Å². The number of benzene rings is 2. The van der Waals surface area contributed by atoms with Gasteiger partial charge >= 0.3 is 0 Å². The molecule has 0 radical (unpaired) electrons. The van der Waals surface area contributed by atoms with Gasteiger partial charge in [-0.25, -0.2) is 0 Å². The van der Waals surface area contributed by atoms with Crippen LogP contribution in [0.1, 0.15) is 17.5 Å². The fraction of sp³-hybridized carbons (Fsp3) is 0.316. The molecule has 2 aromatic carbocycles. The van der Waals surface area contributed by atoms with Crippen molar-refractivity contribution in [3.63, 3.8) is 0 Å². The second-order valence-corrected chi connectivity index (χ2v) is 6.71. The summed E-state index contributed by atoms with van der Waals surface area (Å²) in [6, 6.07) is 16.3. The lowest BCUT2D eigenvalue weighted by Crippen LogP contribution is -2.29. The van der Waals surface area contributed by atoms with E-state index in [0.29, 0.717) is 6.54 Å². The zero-order chi connectivity index (χ0) is 16.5. The van der Waals surface area contributed by atoms with Gasteiger partial charge in [-0.05, 0) is 68.0 Å². The topological polar surface area (TPSA) is 41.1 Å². The Morgan fingerprint density at radius 3 is 2.57 bits per heavy atom. The first kappa shape index (κ1) is 17.6. The molecule has 0 aliphatic carbocycles. The average molecular weight is 328 g/mol. The number of thioether (sulfide) groups is 1. The van der Waals surface area contributed by atoms with Crippen LogP contribution >= 0.6 is 11.8 Å². The molecule has 0 saturated heterocycles. The van der Waals surface area contributed by atoms with Crippen LogP contribution in [0.15, 0.2) is 53.4 Å². The van der Waals surface area contributed by atoms with Crippen molar-refractivity contribution < 1.29 is 4.79 Å². The minimum Gasteiger partial charge on any atom is -0.325 e. The highest BCUT2D eigenvalue weighted by Gasteiger charge is 2.03. The number of nitrogens with one attached hydrogen (secondary N) is 2. The third-order valence-corrected chi connectivity index (χ3v) is 4.68. The van der Waals surface area contributed by atoms with Crippen LogP contribution in [0.2, 0.25) is 0 Å². The van der Waals surface area contributed by atoms with Gasteiger partial charge in [0.2, 0.25) is 5.91 Å². The summed E-state index contributed by atoms with van der Waals surface area (Å²) in [5.74, 6) is 1.06. The van der Waals surface area contributed by atoms with E-state index in [2.05, 4.69) is 41.8 Å². The van der Waals surface area contributed by atoms with Crippen LogP contribution in [0.5, 0.6) is 0 Å². The first-order valence-electron chi connectivity index (χ1n) is 7.91. The molecule has 0 atom stereocenters. The van der Waals surface area contributed by atoms with Crippen LogP contribution < -0.4 is 10.6 Å². The smallest absolute Gasteiger partial charge is 0.238 e. The zero-order valence-electron chi connectivity index (χ0n) is 13.8. The SMILES string of the molecule is Cc1ccc(NC(=O)CNCCCSc2ccccc2)cc1C. The molecule has 0 spiro atoms. The van der Waals surface area contributed by atoms with Gasteiger partial charge in [0.1, 0.15) is 0 Å². The van der Waals surface area contributed by atoms with E-state index < -0.39 is 0 Å². The standard InChI is InChI=1S/C19H24N2OS/c1-15-9-10-17(13-16(15)2)21-19(22)14-20-11-6-12-23-18-7-4-3-5-8-18/h3-5,7-10,13,20H,6,11-12,14H2,1-2H3,(H,21,22). The molecule has 122 valence electrons. The van der Waals surface area contributed by atoms with Crippen molar-refractivity contribution in [2.75, 3.05) is 24.2 Å². The van der Waals surface area contributed by atoms with Crippen molar-refractivity contribution >= 4 is 23.4 Å². The Morgan fingerprint density at radius 2 is 1.83 bits per heavy atom. The molecule has 0 bridgehead atoms. The molecule has 2 aromatic rings. The van der Waals surface area contributed by atoms with E-state index in [1.165, 1.54) is 16.0 Å². The quantitative estimate of drug-likeness (QED) is 0.568. The molecule has 0 unspecified atom stereocenters. The van der Waals surface area contributed by atoms with Crippen molar-refractivity contribution in [2.24, 2.45) is 0 Å². The number of rotatable bonds is 8. The minimum absolute atomic E-state index is 0.00367. The second kappa shape index (κ2) is 9.38. The second-order valence-electron chi connectivity index (χ2n) is 5.54. The molecule has 0 aliphatic rings. The monoisotopic (exact) mass is 328 g/mol. The molecule has 2 rings (SSSR count). The average Bonchev–Trinajstić information content (AvgIpc) is 2.55. The third kappa shape index (κ3) is 6.47. The summed E-state index contributed by atoms with van der Waals surface area (Å²) in [5, 5.41) is 6.11. The maximum absolute atomic E-state index is 11.9. The molecular formula is C19H24N2OS. The van der Waals surface area contributed by atoms with E-state index in [1.807, 2.05) is 43.0 Å². The summed E-state index contributed by atoms with van der Waals surface area (Å²) in [6.07, 6.45) is 1.04. The van der Waals surface area contributed by atoms with Crippen LogP contribution in [0.25, 0.3) is 0 Å². The van der Waals surface area contributed by atoms with Gasteiger partial charge in [0.25, 0.3) is 0 Å². The van der Waals surface area contributed by atoms with Crippen molar-refractivity contribution in [3.05, 3.63) is 59.7 Å².